The molecule has 6 heteroatoms. The van der Waals surface area contributed by atoms with Crippen LogP contribution in [0.2, 0.25) is 0 Å². The van der Waals surface area contributed by atoms with Crippen molar-refractivity contribution in [2.45, 2.75) is 19.4 Å². The second-order valence-corrected chi connectivity index (χ2v) is 5.74. The van der Waals surface area contributed by atoms with Crippen LogP contribution in [0.25, 0.3) is 5.69 Å². The predicted molar refractivity (Wildman–Crippen MR) is 92.9 cm³/mol. The van der Waals surface area contributed by atoms with Crippen LogP contribution < -0.4 is 0 Å². The molecule has 128 valence electrons. The number of halogens is 1. The molecule has 3 aromatic rings. The van der Waals surface area contributed by atoms with Gasteiger partial charge in [-0.05, 0) is 54.4 Å². The van der Waals surface area contributed by atoms with Crippen LogP contribution in [-0.4, -0.2) is 32.6 Å². The lowest BCUT2D eigenvalue weighted by atomic mass is 10.0. The highest BCUT2D eigenvalue weighted by molar-refractivity contribution is 5.92. The first-order valence-corrected chi connectivity index (χ1v) is 8.09. The molecular weight excluding hydrogens is 319 g/mol. The van der Waals surface area contributed by atoms with E-state index < -0.39 is 0 Å². The maximum absolute atomic E-state index is 13.0. The monoisotopic (exact) mass is 338 g/mol. The maximum Gasteiger partial charge on any atom is 0.274 e. The number of aromatic nitrogens is 3. The molecule has 0 aliphatic carbocycles. The summed E-state index contributed by atoms with van der Waals surface area (Å²) in [5.41, 5.74) is 2.08. The molecule has 0 fully saturated rings. The Morgan fingerprint density at radius 2 is 1.84 bits per heavy atom. The van der Waals surface area contributed by atoms with Gasteiger partial charge in [-0.2, -0.15) is 5.10 Å². The highest BCUT2D eigenvalue weighted by atomic mass is 19.1. The second-order valence-electron chi connectivity index (χ2n) is 5.74. The van der Waals surface area contributed by atoms with Gasteiger partial charge in [0.05, 0.1) is 11.7 Å². The topological polar surface area (TPSA) is 51.0 Å². The fourth-order valence-corrected chi connectivity index (χ4v) is 2.82. The van der Waals surface area contributed by atoms with Crippen molar-refractivity contribution in [3.05, 3.63) is 78.1 Å². The van der Waals surface area contributed by atoms with Crippen LogP contribution in [0.4, 0.5) is 4.39 Å². The Balaban J connectivity index is 1.82. The van der Waals surface area contributed by atoms with Crippen molar-refractivity contribution in [2.24, 2.45) is 0 Å². The predicted octanol–water partition coefficient (Wildman–Crippen LogP) is 3.63. The van der Waals surface area contributed by atoms with Gasteiger partial charge in [0.25, 0.3) is 5.91 Å². The molecule has 0 bridgehead atoms. The summed E-state index contributed by atoms with van der Waals surface area (Å²) < 4.78 is 14.6. The van der Waals surface area contributed by atoms with Crippen molar-refractivity contribution in [1.82, 2.24) is 19.7 Å². The zero-order valence-electron chi connectivity index (χ0n) is 14.1. The number of amides is 1. The van der Waals surface area contributed by atoms with Crippen LogP contribution in [0.1, 0.15) is 35.4 Å². The van der Waals surface area contributed by atoms with Crippen LogP contribution in [-0.2, 0) is 0 Å². The average Bonchev–Trinajstić information content (AvgIpc) is 3.13. The van der Waals surface area contributed by atoms with Gasteiger partial charge in [0.15, 0.2) is 5.69 Å². The Hall–Kier alpha value is -3.02. The van der Waals surface area contributed by atoms with E-state index in [2.05, 4.69) is 10.1 Å². The van der Waals surface area contributed by atoms with Crippen LogP contribution in [0.5, 0.6) is 0 Å². The molecule has 0 saturated heterocycles. The number of carbonyl (C=O) groups excluding carboxylic acids is 1. The third-order valence-electron chi connectivity index (χ3n) is 4.16. The standard InChI is InChI=1S/C19H19FN4O/c1-3-18(14-8-11-21-12-9-14)23(2)19(25)17-10-13-24(22-17)16-6-4-15(20)5-7-16/h4-13,18H,3H2,1-2H3/t18-/m1/s1. The Morgan fingerprint density at radius 1 is 1.16 bits per heavy atom. The van der Waals surface area contributed by atoms with E-state index in [1.807, 2.05) is 19.1 Å². The molecule has 3 rings (SSSR count). The van der Waals surface area contributed by atoms with Gasteiger partial charge in [-0.25, -0.2) is 9.07 Å². The Labute approximate surface area is 145 Å². The van der Waals surface area contributed by atoms with Gasteiger partial charge in [-0.3, -0.25) is 9.78 Å². The molecule has 0 unspecified atom stereocenters. The van der Waals surface area contributed by atoms with E-state index in [1.54, 1.807) is 53.4 Å². The molecular formula is C19H19FN4O. The van der Waals surface area contributed by atoms with Gasteiger partial charge in [-0.1, -0.05) is 6.92 Å². The van der Waals surface area contributed by atoms with Crippen LogP contribution in [0.3, 0.4) is 0 Å². The maximum atomic E-state index is 13.0. The minimum absolute atomic E-state index is 0.0496. The number of hydrogen-bond donors (Lipinski definition) is 0. The molecule has 1 atom stereocenters. The van der Waals surface area contributed by atoms with Crippen LogP contribution in [0.15, 0.2) is 61.1 Å². The summed E-state index contributed by atoms with van der Waals surface area (Å²) in [4.78, 5) is 18.5. The van der Waals surface area contributed by atoms with Gasteiger partial charge in [0, 0.05) is 25.6 Å². The van der Waals surface area contributed by atoms with Crippen molar-refractivity contribution < 1.29 is 9.18 Å². The molecule has 0 saturated carbocycles. The molecule has 0 aliphatic heterocycles. The third-order valence-corrected chi connectivity index (χ3v) is 4.16. The summed E-state index contributed by atoms with van der Waals surface area (Å²) in [5.74, 6) is -0.473. The van der Waals surface area contributed by atoms with Gasteiger partial charge in [0.2, 0.25) is 0 Å². The lowest BCUT2D eigenvalue weighted by Crippen LogP contribution is -2.31. The van der Waals surface area contributed by atoms with E-state index in [0.717, 1.165) is 12.0 Å². The second kappa shape index (κ2) is 7.25. The van der Waals surface area contributed by atoms with Crippen molar-refractivity contribution in [2.75, 3.05) is 7.05 Å². The fraction of sp³-hybridized carbons (Fsp3) is 0.211. The van der Waals surface area contributed by atoms with E-state index in [4.69, 9.17) is 0 Å². The van der Waals surface area contributed by atoms with Gasteiger partial charge in [-0.15, -0.1) is 0 Å². The number of pyridine rings is 1. The lowest BCUT2D eigenvalue weighted by Gasteiger charge is -2.27. The molecule has 25 heavy (non-hydrogen) atoms. The van der Waals surface area contributed by atoms with E-state index in [1.165, 1.54) is 12.1 Å². The van der Waals surface area contributed by atoms with Crippen molar-refractivity contribution in [3.8, 4) is 5.69 Å². The van der Waals surface area contributed by atoms with Gasteiger partial charge in [0.1, 0.15) is 5.82 Å². The van der Waals surface area contributed by atoms with Crippen LogP contribution >= 0.6 is 0 Å². The van der Waals surface area contributed by atoms with Crippen molar-refractivity contribution in [3.63, 3.8) is 0 Å². The van der Waals surface area contributed by atoms with Crippen molar-refractivity contribution in [1.29, 1.82) is 0 Å². The number of benzene rings is 1. The minimum Gasteiger partial charge on any atom is -0.333 e. The third kappa shape index (κ3) is 3.57. The first-order valence-electron chi connectivity index (χ1n) is 8.09. The van der Waals surface area contributed by atoms with Gasteiger partial charge < -0.3 is 4.90 Å². The molecule has 1 aromatic carbocycles. The van der Waals surface area contributed by atoms with E-state index in [9.17, 15) is 9.18 Å². The average molecular weight is 338 g/mol. The Bertz CT molecular complexity index is 845. The number of rotatable bonds is 5. The number of carbonyl (C=O) groups is 1. The SMILES string of the molecule is CC[C@H](c1ccncc1)N(C)C(=O)c1ccn(-c2ccc(F)cc2)n1. The summed E-state index contributed by atoms with van der Waals surface area (Å²) in [6.45, 7) is 2.03. The molecule has 0 N–H and O–H groups in total. The summed E-state index contributed by atoms with van der Waals surface area (Å²) in [6.07, 6.45) is 5.92. The van der Waals surface area contributed by atoms with Gasteiger partial charge >= 0.3 is 0 Å². The summed E-state index contributed by atoms with van der Waals surface area (Å²) in [7, 11) is 1.77. The van der Waals surface area contributed by atoms with E-state index >= 15 is 0 Å². The van der Waals surface area contributed by atoms with Crippen LogP contribution in [0, 0.1) is 5.82 Å². The highest BCUT2D eigenvalue weighted by Crippen LogP contribution is 2.23. The van der Waals surface area contributed by atoms with Crippen molar-refractivity contribution >= 4 is 5.91 Å². The summed E-state index contributed by atoms with van der Waals surface area (Å²) in [5, 5.41) is 4.33. The first-order chi connectivity index (χ1) is 12.1. The first kappa shape index (κ1) is 16.8. The highest BCUT2D eigenvalue weighted by Gasteiger charge is 2.23. The molecule has 5 nitrogen and oxygen atoms in total. The largest absolute Gasteiger partial charge is 0.333 e. The zero-order valence-corrected chi connectivity index (χ0v) is 14.1. The Kier molecular flexibility index (Phi) is 4.88. The normalized spacial score (nSPS) is 12.0. The smallest absolute Gasteiger partial charge is 0.274 e. The molecule has 0 spiro atoms. The zero-order chi connectivity index (χ0) is 17.8. The molecule has 0 aliphatic rings. The molecule has 1 amide bonds. The fourth-order valence-electron chi connectivity index (χ4n) is 2.82. The summed E-state index contributed by atoms with van der Waals surface area (Å²) in [6, 6.07) is 11.4. The summed E-state index contributed by atoms with van der Waals surface area (Å²) >= 11 is 0. The molecule has 0 radical (unpaired) electrons. The van der Waals surface area contributed by atoms with E-state index in [0.29, 0.717) is 11.4 Å². The minimum atomic E-state index is -0.310. The van der Waals surface area contributed by atoms with E-state index in [-0.39, 0.29) is 17.8 Å². The Morgan fingerprint density at radius 3 is 2.48 bits per heavy atom. The number of hydrogen-bond acceptors (Lipinski definition) is 3. The molecule has 2 heterocycles. The number of nitrogens with zero attached hydrogens (tertiary/aromatic N) is 4. The lowest BCUT2D eigenvalue weighted by molar-refractivity contribution is 0.0719. The quantitative estimate of drug-likeness (QED) is 0.714. The molecule has 2 aromatic heterocycles.